The third kappa shape index (κ3) is 3.82. The van der Waals surface area contributed by atoms with Crippen molar-refractivity contribution in [3.8, 4) is 0 Å². The van der Waals surface area contributed by atoms with Gasteiger partial charge in [0.15, 0.2) is 5.13 Å². The third-order valence-electron chi connectivity index (χ3n) is 3.31. The van der Waals surface area contributed by atoms with Crippen molar-refractivity contribution < 1.29 is 9.90 Å². The van der Waals surface area contributed by atoms with Gasteiger partial charge in [0, 0.05) is 17.1 Å². The summed E-state index contributed by atoms with van der Waals surface area (Å²) in [6.45, 7) is 6.94. The Kier molecular flexibility index (Phi) is 4.96. The van der Waals surface area contributed by atoms with Crippen molar-refractivity contribution in [2.45, 2.75) is 33.6 Å². The number of carbonyl (C=O) groups is 1. The molecular weight excluding hydrogens is 284 g/mol. The van der Waals surface area contributed by atoms with Gasteiger partial charge in [0.05, 0.1) is 12.1 Å². The largest absolute Gasteiger partial charge is 0.481 e. The number of anilines is 2. The van der Waals surface area contributed by atoms with Gasteiger partial charge in [0.2, 0.25) is 0 Å². The van der Waals surface area contributed by atoms with E-state index in [0.717, 1.165) is 27.9 Å². The first-order valence-corrected chi connectivity index (χ1v) is 7.85. The van der Waals surface area contributed by atoms with E-state index in [1.165, 1.54) is 5.56 Å². The van der Waals surface area contributed by atoms with Crippen LogP contribution in [0.5, 0.6) is 0 Å². The molecule has 112 valence electrons. The molecule has 0 radical (unpaired) electrons. The lowest BCUT2D eigenvalue weighted by Crippen LogP contribution is -2.15. The number of thiazole rings is 1. The molecule has 0 amide bonds. The maximum absolute atomic E-state index is 10.7. The fraction of sp³-hybridized carbons (Fsp3) is 0.375. The van der Waals surface area contributed by atoms with Crippen LogP contribution in [-0.4, -0.2) is 22.6 Å². The quantitative estimate of drug-likeness (QED) is 0.878. The smallest absolute Gasteiger partial charge is 0.303 e. The predicted octanol–water partition coefficient (Wildman–Crippen LogP) is 3.94. The maximum Gasteiger partial charge on any atom is 0.303 e. The van der Waals surface area contributed by atoms with Crippen LogP contribution in [0.4, 0.5) is 10.8 Å². The second-order valence-corrected chi connectivity index (χ2v) is 6.04. The fourth-order valence-corrected chi connectivity index (χ4v) is 3.35. The van der Waals surface area contributed by atoms with Crippen molar-refractivity contribution in [3.05, 3.63) is 40.4 Å². The Labute approximate surface area is 129 Å². The second-order valence-electron chi connectivity index (χ2n) is 4.98. The first kappa shape index (κ1) is 15.5. The molecule has 1 N–H and O–H groups in total. The lowest BCUT2D eigenvalue weighted by atomic mass is 10.2. The highest BCUT2D eigenvalue weighted by atomic mass is 32.1. The minimum Gasteiger partial charge on any atom is -0.481 e. The van der Waals surface area contributed by atoms with Gasteiger partial charge in [-0.15, -0.1) is 11.3 Å². The van der Waals surface area contributed by atoms with Crippen molar-refractivity contribution in [2.75, 3.05) is 11.4 Å². The van der Waals surface area contributed by atoms with E-state index in [1.54, 1.807) is 11.3 Å². The SMILES string of the molecule is CCN(c1cccc(C)c1)c1nc(C)c(CCC(=O)O)s1. The predicted molar refractivity (Wildman–Crippen MR) is 86.7 cm³/mol. The molecule has 0 atom stereocenters. The van der Waals surface area contributed by atoms with Gasteiger partial charge in [0.1, 0.15) is 0 Å². The zero-order valence-electron chi connectivity index (χ0n) is 12.6. The number of aromatic nitrogens is 1. The molecule has 0 saturated carbocycles. The summed E-state index contributed by atoms with van der Waals surface area (Å²) < 4.78 is 0. The summed E-state index contributed by atoms with van der Waals surface area (Å²) in [6.07, 6.45) is 0.698. The van der Waals surface area contributed by atoms with Crippen LogP contribution in [0.2, 0.25) is 0 Å². The molecule has 1 heterocycles. The molecule has 1 aromatic heterocycles. The number of hydrogen-bond donors (Lipinski definition) is 1. The van der Waals surface area contributed by atoms with Gasteiger partial charge in [-0.25, -0.2) is 4.98 Å². The Bertz CT molecular complexity index is 637. The van der Waals surface area contributed by atoms with Gasteiger partial charge in [-0.3, -0.25) is 4.79 Å². The number of nitrogens with zero attached hydrogens (tertiary/aromatic N) is 2. The number of hydrogen-bond acceptors (Lipinski definition) is 4. The van der Waals surface area contributed by atoms with Gasteiger partial charge >= 0.3 is 5.97 Å². The standard InChI is InChI=1S/C16H20N2O2S/c1-4-18(13-7-5-6-11(2)10-13)16-17-12(3)14(21-16)8-9-15(19)20/h5-7,10H,4,8-9H2,1-3H3,(H,19,20). The summed E-state index contributed by atoms with van der Waals surface area (Å²) in [5.74, 6) is -0.768. The Hall–Kier alpha value is -1.88. The highest BCUT2D eigenvalue weighted by Gasteiger charge is 2.15. The van der Waals surface area contributed by atoms with Crippen molar-refractivity contribution in [1.82, 2.24) is 4.98 Å². The van der Waals surface area contributed by atoms with Gasteiger partial charge < -0.3 is 10.0 Å². The monoisotopic (exact) mass is 304 g/mol. The average molecular weight is 304 g/mol. The Morgan fingerprint density at radius 2 is 2.14 bits per heavy atom. The van der Waals surface area contributed by atoms with Gasteiger partial charge in [-0.2, -0.15) is 0 Å². The molecule has 0 fully saturated rings. The molecule has 5 heteroatoms. The second kappa shape index (κ2) is 6.72. The lowest BCUT2D eigenvalue weighted by Gasteiger charge is -2.20. The minimum absolute atomic E-state index is 0.152. The summed E-state index contributed by atoms with van der Waals surface area (Å²) in [5, 5.41) is 9.74. The highest BCUT2D eigenvalue weighted by Crippen LogP contribution is 2.32. The van der Waals surface area contributed by atoms with Crippen molar-refractivity contribution in [1.29, 1.82) is 0 Å². The van der Waals surface area contributed by atoms with Crippen LogP contribution < -0.4 is 4.90 Å². The van der Waals surface area contributed by atoms with E-state index in [0.29, 0.717) is 6.42 Å². The number of aliphatic carboxylic acids is 1. The zero-order valence-corrected chi connectivity index (χ0v) is 13.4. The Morgan fingerprint density at radius 1 is 1.38 bits per heavy atom. The summed E-state index contributed by atoms with van der Waals surface area (Å²) in [4.78, 5) is 18.5. The van der Waals surface area contributed by atoms with Gasteiger partial charge in [-0.1, -0.05) is 12.1 Å². The molecule has 0 unspecified atom stereocenters. The Morgan fingerprint density at radius 3 is 2.76 bits per heavy atom. The maximum atomic E-state index is 10.7. The van der Waals surface area contributed by atoms with Crippen molar-refractivity contribution >= 4 is 28.1 Å². The number of aryl methyl sites for hydroxylation is 3. The van der Waals surface area contributed by atoms with Crippen LogP contribution >= 0.6 is 11.3 Å². The van der Waals surface area contributed by atoms with Crippen molar-refractivity contribution in [3.63, 3.8) is 0 Å². The van der Waals surface area contributed by atoms with Crippen LogP contribution in [0.3, 0.4) is 0 Å². The molecule has 0 aliphatic heterocycles. The molecule has 21 heavy (non-hydrogen) atoms. The normalized spacial score (nSPS) is 10.6. The summed E-state index contributed by atoms with van der Waals surface area (Å²) in [5.41, 5.74) is 3.27. The van der Waals surface area contributed by atoms with Crippen LogP contribution in [0.25, 0.3) is 0 Å². The topological polar surface area (TPSA) is 53.4 Å². The molecule has 4 nitrogen and oxygen atoms in total. The number of benzene rings is 1. The zero-order chi connectivity index (χ0) is 15.4. The van der Waals surface area contributed by atoms with E-state index in [1.807, 2.05) is 13.0 Å². The van der Waals surface area contributed by atoms with Crippen LogP contribution in [0.15, 0.2) is 24.3 Å². The average Bonchev–Trinajstić information content (AvgIpc) is 2.78. The minimum atomic E-state index is -0.768. The van der Waals surface area contributed by atoms with E-state index in [-0.39, 0.29) is 6.42 Å². The number of rotatable bonds is 6. The fourth-order valence-electron chi connectivity index (χ4n) is 2.20. The van der Waals surface area contributed by atoms with Gasteiger partial charge in [0.25, 0.3) is 0 Å². The van der Waals surface area contributed by atoms with Crippen LogP contribution in [0.1, 0.15) is 29.5 Å². The van der Waals surface area contributed by atoms with Crippen LogP contribution in [-0.2, 0) is 11.2 Å². The number of carboxylic acids is 1. The first-order chi connectivity index (χ1) is 10.0. The first-order valence-electron chi connectivity index (χ1n) is 7.03. The molecule has 0 spiro atoms. The molecule has 0 aliphatic carbocycles. The summed E-state index contributed by atoms with van der Waals surface area (Å²) in [6, 6.07) is 8.32. The third-order valence-corrected chi connectivity index (χ3v) is 4.55. The highest BCUT2D eigenvalue weighted by molar-refractivity contribution is 7.15. The Balaban J connectivity index is 2.26. The molecule has 0 saturated heterocycles. The van der Waals surface area contributed by atoms with Crippen LogP contribution in [0, 0.1) is 13.8 Å². The lowest BCUT2D eigenvalue weighted by molar-refractivity contribution is -0.136. The van der Waals surface area contributed by atoms with Gasteiger partial charge in [-0.05, 0) is 44.9 Å². The molecule has 2 rings (SSSR count). The molecule has 1 aromatic carbocycles. The van der Waals surface area contributed by atoms with E-state index in [4.69, 9.17) is 5.11 Å². The number of carboxylic acid groups (broad SMARTS) is 1. The molecule has 0 bridgehead atoms. The summed E-state index contributed by atoms with van der Waals surface area (Å²) >= 11 is 1.59. The van der Waals surface area contributed by atoms with E-state index in [2.05, 4.69) is 41.9 Å². The van der Waals surface area contributed by atoms with E-state index < -0.39 is 5.97 Å². The summed E-state index contributed by atoms with van der Waals surface area (Å²) in [7, 11) is 0. The molecular formula is C16H20N2O2S. The van der Waals surface area contributed by atoms with Crippen molar-refractivity contribution in [2.24, 2.45) is 0 Å². The molecule has 2 aromatic rings. The molecule has 0 aliphatic rings. The van der Waals surface area contributed by atoms with E-state index in [9.17, 15) is 4.79 Å². The van der Waals surface area contributed by atoms with E-state index >= 15 is 0 Å².